The van der Waals surface area contributed by atoms with E-state index in [1.807, 2.05) is 36.4 Å². The van der Waals surface area contributed by atoms with Crippen LogP contribution in [0.4, 0.5) is 0 Å². The zero-order valence-corrected chi connectivity index (χ0v) is 24.6. The van der Waals surface area contributed by atoms with Crippen molar-refractivity contribution >= 4 is 44.8 Å². The molecule has 0 saturated heterocycles. The van der Waals surface area contributed by atoms with Crippen LogP contribution in [0.25, 0.3) is 10.4 Å². The highest BCUT2D eigenvalue weighted by Gasteiger charge is 2.39. The standard InChI is InChI=1S/C30H36O5S3/c1-6-30(5)14-13-23(20(2)3)17-25(30)21(4)19-35-28(32)12-11-27(31)34-16-15-33-24-9-7-22(8-10-24)26-18-29(36)38-37-26/h6-10,18,23,25H,1-2,4,11-17,19H2,3,5H3/t23-,25+,30-/m1/s1. The monoisotopic (exact) mass is 572 g/mol. The Labute approximate surface area is 238 Å². The Hall–Kier alpha value is -2.55. The van der Waals surface area contributed by atoms with Gasteiger partial charge in [-0.05, 0) is 84.9 Å². The molecule has 204 valence electrons. The summed E-state index contributed by atoms with van der Waals surface area (Å²) in [6.07, 6.45) is 4.92. The summed E-state index contributed by atoms with van der Waals surface area (Å²) in [5.41, 5.74) is 3.05. The molecule has 0 N–H and O–H groups in total. The number of hydrogen-bond donors (Lipinski definition) is 0. The first-order valence-electron chi connectivity index (χ1n) is 12.7. The molecular weight excluding hydrogens is 537 g/mol. The normalized spacial score (nSPS) is 20.8. The molecule has 5 nitrogen and oxygen atoms in total. The second-order valence-electron chi connectivity index (χ2n) is 9.99. The molecule has 3 atom stereocenters. The third kappa shape index (κ3) is 8.48. The van der Waals surface area contributed by atoms with Gasteiger partial charge in [0, 0.05) is 4.88 Å². The van der Waals surface area contributed by atoms with Crippen molar-refractivity contribution < 1.29 is 23.8 Å². The minimum absolute atomic E-state index is 0.0399. The van der Waals surface area contributed by atoms with Crippen molar-refractivity contribution in [2.45, 2.75) is 46.0 Å². The fraction of sp³-hybridized carbons (Fsp3) is 0.433. The molecule has 1 heterocycles. The van der Waals surface area contributed by atoms with E-state index in [0.29, 0.717) is 11.7 Å². The summed E-state index contributed by atoms with van der Waals surface area (Å²) < 4.78 is 17.1. The molecule has 1 fully saturated rings. The van der Waals surface area contributed by atoms with Gasteiger partial charge in [-0.1, -0.05) is 64.6 Å². The van der Waals surface area contributed by atoms with Crippen LogP contribution in [0, 0.1) is 21.1 Å². The zero-order chi connectivity index (χ0) is 27.7. The maximum absolute atomic E-state index is 12.3. The van der Waals surface area contributed by atoms with Gasteiger partial charge in [0.25, 0.3) is 0 Å². The third-order valence-electron chi connectivity index (χ3n) is 7.17. The summed E-state index contributed by atoms with van der Waals surface area (Å²) in [7, 11) is 3.23. The van der Waals surface area contributed by atoms with Crippen LogP contribution in [0.3, 0.4) is 0 Å². The Morgan fingerprint density at radius 2 is 1.79 bits per heavy atom. The molecule has 38 heavy (non-hydrogen) atoms. The summed E-state index contributed by atoms with van der Waals surface area (Å²) >= 11 is 5.18. The maximum atomic E-state index is 12.3. The van der Waals surface area contributed by atoms with Gasteiger partial charge in [0.2, 0.25) is 0 Å². The molecule has 3 rings (SSSR count). The molecular formula is C30H36O5S3. The molecule has 1 aliphatic rings. The summed E-state index contributed by atoms with van der Waals surface area (Å²) in [4.78, 5) is 25.4. The van der Waals surface area contributed by atoms with E-state index >= 15 is 0 Å². The highest BCUT2D eigenvalue weighted by Crippen LogP contribution is 2.48. The van der Waals surface area contributed by atoms with Crippen molar-refractivity contribution in [2.75, 3.05) is 19.8 Å². The van der Waals surface area contributed by atoms with E-state index in [4.69, 9.17) is 26.4 Å². The van der Waals surface area contributed by atoms with Crippen LogP contribution in [0.1, 0.15) is 46.0 Å². The Morgan fingerprint density at radius 3 is 2.39 bits per heavy atom. The lowest BCUT2D eigenvalue weighted by Crippen LogP contribution is -2.35. The number of ether oxygens (including phenoxy) is 3. The van der Waals surface area contributed by atoms with E-state index in [1.165, 1.54) is 5.57 Å². The molecule has 1 aromatic heterocycles. The number of esters is 2. The van der Waals surface area contributed by atoms with Crippen molar-refractivity contribution in [3.8, 4) is 16.2 Å². The van der Waals surface area contributed by atoms with Crippen LogP contribution in [-0.4, -0.2) is 31.8 Å². The minimum atomic E-state index is -0.464. The average Bonchev–Trinajstić information content (AvgIpc) is 3.35. The number of carbonyl (C=O) groups excluding carboxylic acids is 2. The van der Waals surface area contributed by atoms with Crippen molar-refractivity contribution in [3.05, 3.63) is 71.1 Å². The van der Waals surface area contributed by atoms with E-state index in [0.717, 1.165) is 39.1 Å². The minimum Gasteiger partial charge on any atom is -0.490 e. The lowest BCUT2D eigenvalue weighted by atomic mass is 9.61. The van der Waals surface area contributed by atoms with Crippen LogP contribution in [0.2, 0.25) is 0 Å². The Morgan fingerprint density at radius 1 is 1.11 bits per heavy atom. The topological polar surface area (TPSA) is 61.8 Å². The van der Waals surface area contributed by atoms with Gasteiger partial charge >= 0.3 is 11.9 Å². The second-order valence-corrected chi connectivity index (χ2v) is 12.9. The van der Waals surface area contributed by atoms with Gasteiger partial charge in [0.15, 0.2) is 0 Å². The quantitative estimate of drug-likeness (QED) is 0.0793. The van der Waals surface area contributed by atoms with E-state index in [2.05, 4.69) is 33.6 Å². The number of rotatable bonds is 13. The molecule has 0 amide bonds. The zero-order valence-electron chi connectivity index (χ0n) is 22.2. The summed E-state index contributed by atoms with van der Waals surface area (Å²) in [5, 5.41) is 0. The van der Waals surface area contributed by atoms with E-state index in [9.17, 15) is 9.59 Å². The smallest absolute Gasteiger partial charge is 0.306 e. The SMILES string of the molecule is C=C[C@]1(C)CC[C@@H](C(=C)C)C[C@H]1C(=C)COC(=O)CCC(=O)OCCOc1ccc(-c2cc(=S)ss2)cc1. The molecule has 2 aromatic rings. The lowest BCUT2D eigenvalue weighted by Gasteiger charge is -2.44. The fourth-order valence-electron chi connectivity index (χ4n) is 4.68. The Bertz CT molecular complexity index is 1210. The van der Waals surface area contributed by atoms with Gasteiger partial charge in [-0.2, -0.15) is 0 Å². The summed E-state index contributed by atoms with van der Waals surface area (Å²) in [5.74, 6) is 0.384. The largest absolute Gasteiger partial charge is 0.490 e. The van der Waals surface area contributed by atoms with Gasteiger partial charge in [-0.25, -0.2) is 0 Å². The highest BCUT2D eigenvalue weighted by molar-refractivity contribution is 7.80. The number of hydrogen-bond acceptors (Lipinski definition) is 8. The van der Waals surface area contributed by atoms with Gasteiger partial charge in [0.1, 0.15) is 29.4 Å². The van der Waals surface area contributed by atoms with Crippen LogP contribution in [-0.2, 0) is 19.1 Å². The van der Waals surface area contributed by atoms with Crippen LogP contribution in [0.5, 0.6) is 5.75 Å². The number of allylic oxidation sites excluding steroid dienone is 2. The first-order valence-corrected chi connectivity index (χ1v) is 15.3. The second kappa shape index (κ2) is 14.0. The van der Waals surface area contributed by atoms with Gasteiger partial charge in [-0.15, -0.1) is 6.58 Å². The maximum Gasteiger partial charge on any atom is 0.306 e. The lowest BCUT2D eigenvalue weighted by molar-refractivity contribution is -0.150. The summed E-state index contributed by atoms with van der Waals surface area (Å²) in [6, 6.07) is 9.68. The molecule has 0 aliphatic heterocycles. The van der Waals surface area contributed by atoms with Crippen LogP contribution in [0.15, 0.2) is 67.3 Å². The first kappa shape index (κ1) is 30.0. The molecule has 0 bridgehead atoms. The van der Waals surface area contributed by atoms with E-state index in [-0.39, 0.29) is 44.0 Å². The van der Waals surface area contributed by atoms with Crippen molar-refractivity contribution in [3.63, 3.8) is 0 Å². The first-order chi connectivity index (χ1) is 18.1. The Balaban J connectivity index is 1.33. The third-order valence-corrected chi connectivity index (χ3v) is 10.1. The molecule has 0 spiro atoms. The van der Waals surface area contributed by atoms with Gasteiger partial charge in [-0.3, -0.25) is 9.59 Å². The van der Waals surface area contributed by atoms with Gasteiger partial charge < -0.3 is 14.2 Å². The Kier molecular flexibility index (Phi) is 11.1. The molecule has 0 unspecified atom stereocenters. The van der Waals surface area contributed by atoms with Crippen molar-refractivity contribution in [1.29, 1.82) is 0 Å². The number of benzene rings is 1. The van der Waals surface area contributed by atoms with E-state index < -0.39 is 11.9 Å². The molecule has 0 radical (unpaired) electrons. The van der Waals surface area contributed by atoms with Crippen LogP contribution >= 0.6 is 32.9 Å². The van der Waals surface area contributed by atoms with Crippen LogP contribution < -0.4 is 4.74 Å². The average molecular weight is 573 g/mol. The molecule has 1 saturated carbocycles. The number of carbonyl (C=O) groups is 2. The molecule has 1 aromatic carbocycles. The van der Waals surface area contributed by atoms with Crippen molar-refractivity contribution in [1.82, 2.24) is 0 Å². The molecule has 1 aliphatic carbocycles. The van der Waals surface area contributed by atoms with Gasteiger partial charge in [0.05, 0.1) is 12.8 Å². The predicted octanol–water partition coefficient (Wildman–Crippen LogP) is 8.19. The van der Waals surface area contributed by atoms with Crippen molar-refractivity contribution in [2.24, 2.45) is 17.3 Å². The van der Waals surface area contributed by atoms with E-state index in [1.54, 1.807) is 20.7 Å². The summed E-state index contributed by atoms with van der Waals surface area (Å²) in [6.45, 7) is 17.1. The highest BCUT2D eigenvalue weighted by atomic mass is 32.9. The fourth-order valence-corrected chi connectivity index (χ4v) is 7.08. The predicted molar refractivity (Wildman–Crippen MR) is 158 cm³/mol. The molecule has 8 heteroatoms.